The lowest BCUT2D eigenvalue weighted by atomic mass is 10.1. The van der Waals surface area contributed by atoms with E-state index in [4.69, 9.17) is 0 Å². The summed E-state index contributed by atoms with van der Waals surface area (Å²) < 4.78 is 1.60. The lowest BCUT2D eigenvalue weighted by Gasteiger charge is -2.19. The zero-order valence-corrected chi connectivity index (χ0v) is 9.74. The molecule has 84 valence electrons. The molecule has 0 saturated carbocycles. The van der Waals surface area contributed by atoms with Gasteiger partial charge in [0.25, 0.3) is 0 Å². The molecule has 0 aliphatic rings. The van der Waals surface area contributed by atoms with Crippen molar-refractivity contribution in [2.75, 3.05) is 6.54 Å². The average Bonchev–Trinajstić information content (AvgIpc) is 2.47. The van der Waals surface area contributed by atoms with Gasteiger partial charge in [-0.15, -0.1) is 5.10 Å². The van der Waals surface area contributed by atoms with Crippen molar-refractivity contribution in [1.82, 2.24) is 20.3 Å². The van der Waals surface area contributed by atoms with Crippen molar-refractivity contribution in [2.24, 2.45) is 7.05 Å². The van der Waals surface area contributed by atoms with Gasteiger partial charge in [-0.3, -0.25) is 9.48 Å². The number of aromatic nitrogens is 3. The molecule has 0 aliphatic carbocycles. The smallest absolute Gasteiger partial charge is 0.152 e. The predicted octanol–water partition coefficient (Wildman–Crippen LogP) is 0.315. The van der Waals surface area contributed by atoms with E-state index in [9.17, 15) is 4.79 Å². The van der Waals surface area contributed by atoms with Crippen LogP contribution in [0.5, 0.6) is 0 Å². The number of hydrogen-bond donors (Lipinski definition) is 1. The molecule has 15 heavy (non-hydrogen) atoms. The van der Waals surface area contributed by atoms with Crippen LogP contribution in [-0.4, -0.2) is 32.9 Å². The molecule has 0 spiro atoms. The first kappa shape index (κ1) is 11.8. The highest BCUT2D eigenvalue weighted by atomic mass is 16.1. The number of hydrogen-bond acceptors (Lipinski definition) is 4. The molecule has 0 amide bonds. The topological polar surface area (TPSA) is 59.8 Å². The Hall–Kier alpha value is -1.23. The third-order valence-corrected chi connectivity index (χ3v) is 1.84. The Labute approximate surface area is 89.9 Å². The normalized spacial score (nSPS) is 11.7. The average molecular weight is 210 g/mol. The van der Waals surface area contributed by atoms with E-state index < -0.39 is 0 Å². The van der Waals surface area contributed by atoms with Crippen LogP contribution in [0, 0.1) is 0 Å². The number of nitrogens with one attached hydrogen (secondary N) is 1. The Balaban J connectivity index is 2.37. The second-order valence-electron chi connectivity index (χ2n) is 4.70. The largest absolute Gasteiger partial charge is 0.305 e. The summed E-state index contributed by atoms with van der Waals surface area (Å²) in [7, 11) is 1.79. The van der Waals surface area contributed by atoms with Crippen LogP contribution in [0.15, 0.2) is 6.20 Å². The number of rotatable bonds is 4. The third kappa shape index (κ3) is 4.69. The molecule has 5 heteroatoms. The molecular formula is C10H18N4O. The van der Waals surface area contributed by atoms with Gasteiger partial charge in [-0.05, 0) is 20.8 Å². The van der Waals surface area contributed by atoms with Gasteiger partial charge in [0, 0.05) is 18.8 Å². The summed E-state index contributed by atoms with van der Waals surface area (Å²) in [5, 5.41) is 10.8. The number of carbonyl (C=O) groups is 1. The standard InChI is InChI=1S/C10H18N4O/c1-10(2,3)11-6-9(15)5-8-7-14(4)13-12-8/h7,11H,5-6H2,1-4H3. The molecule has 1 heterocycles. The fraction of sp³-hybridized carbons (Fsp3) is 0.700. The molecule has 0 aromatic carbocycles. The van der Waals surface area contributed by atoms with Crippen molar-refractivity contribution < 1.29 is 4.79 Å². The van der Waals surface area contributed by atoms with E-state index in [1.54, 1.807) is 17.9 Å². The summed E-state index contributed by atoms with van der Waals surface area (Å²) in [6, 6.07) is 0. The molecule has 0 atom stereocenters. The van der Waals surface area contributed by atoms with E-state index in [-0.39, 0.29) is 11.3 Å². The maximum atomic E-state index is 11.5. The summed E-state index contributed by atoms with van der Waals surface area (Å²) >= 11 is 0. The van der Waals surface area contributed by atoms with Crippen molar-refractivity contribution >= 4 is 5.78 Å². The van der Waals surface area contributed by atoms with Crippen LogP contribution in [0.3, 0.4) is 0 Å². The van der Waals surface area contributed by atoms with Gasteiger partial charge in [0.15, 0.2) is 5.78 Å². The zero-order valence-electron chi connectivity index (χ0n) is 9.74. The molecule has 1 N–H and O–H groups in total. The van der Waals surface area contributed by atoms with Gasteiger partial charge in [-0.2, -0.15) is 0 Å². The molecular weight excluding hydrogens is 192 g/mol. The number of Topliss-reactive ketones (excluding diaryl/α,β-unsaturated/α-hetero) is 1. The number of nitrogens with zero attached hydrogens (tertiary/aromatic N) is 3. The van der Waals surface area contributed by atoms with E-state index in [0.717, 1.165) is 5.69 Å². The lowest BCUT2D eigenvalue weighted by molar-refractivity contribution is -0.117. The fourth-order valence-electron chi connectivity index (χ4n) is 1.10. The van der Waals surface area contributed by atoms with Crippen LogP contribution >= 0.6 is 0 Å². The van der Waals surface area contributed by atoms with Gasteiger partial charge in [0.2, 0.25) is 0 Å². The second-order valence-corrected chi connectivity index (χ2v) is 4.70. The Kier molecular flexibility index (Phi) is 3.57. The van der Waals surface area contributed by atoms with E-state index in [1.165, 1.54) is 0 Å². The third-order valence-electron chi connectivity index (χ3n) is 1.84. The minimum atomic E-state index is -0.0297. The molecule has 1 aromatic heterocycles. The SMILES string of the molecule is Cn1cc(CC(=O)CNC(C)(C)C)nn1. The van der Waals surface area contributed by atoms with E-state index in [1.807, 2.05) is 20.8 Å². The fourth-order valence-corrected chi connectivity index (χ4v) is 1.10. The summed E-state index contributed by atoms with van der Waals surface area (Å²) in [5.41, 5.74) is 0.691. The van der Waals surface area contributed by atoms with Gasteiger partial charge < -0.3 is 5.32 Å². The highest BCUT2D eigenvalue weighted by molar-refractivity contribution is 5.82. The molecule has 0 unspecified atom stereocenters. The molecule has 1 rings (SSSR count). The molecule has 0 fully saturated rings. The van der Waals surface area contributed by atoms with Crippen LogP contribution in [0.2, 0.25) is 0 Å². The van der Waals surface area contributed by atoms with Crippen LogP contribution in [-0.2, 0) is 18.3 Å². The second kappa shape index (κ2) is 4.53. The van der Waals surface area contributed by atoms with Crippen molar-refractivity contribution in [3.63, 3.8) is 0 Å². The van der Waals surface area contributed by atoms with Crippen molar-refractivity contribution in [3.8, 4) is 0 Å². The summed E-state index contributed by atoms with van der Waals surface area (Å²) in [4.78, 5) is 11.5. The number of carbonyl (C=O) groups excluding carboxylic acids is 1. The monoisotopic (exact) mass is 210 g/mol. The van der Waals surface area contributed by atoms with Crippen molar-refractivity contribution in [2.45, 2.75) is 32.7 Å². The van der Waals surface area contributed by atoms with Gasteiger partial charge in [0.1, 0.15) is 0 Å². The highest BCUT2D eigenvalue weighted by Crippen LogP contribution is 1.99. The molecule has 1 aromatic rings. The number of aryl methyl sites for hydroxylation is 1. The first-order chi connectivity index (χ1) is 6.87. The molecule has 5 nitrogen and oxygen atoms in total. The maximum Gasteiger partial charge on any atom is 0.152 e. The number of ketones is 1. The molecule has 0 saturated heterocycles. The molecule has 0 bridgehead atoms. The van der Waals surface area contributed by atoms with E-state index >= 15 is 0 Å². The summed E-state index contributed by atoms with van der Waals surface area (Å²) in [5.74, 6) is 0.130. The van der Waals surface area contributed by atoms with Crippen LogP contribution in [0.1, 0.15) is 26.5 Å². The minimum Gasteiger partial charge on any atom is -0.305 e. The Bertz CT molecular complexity index is 337. The summed E-state index contributed by atoms with van der Waals surface area (Å²) in [6.45, 7) is 6.47. The van der Waals surface area contributed by atoms with Crippen molar-refractivity contribution in [3.05, 3.63) is 11.9 Å². The van der Waals surface area contributed by atoms with E-state index in [2.05, 4.69) is 15.6 Å². The first-order valence-corrected chi connectivity index (χ1v) is 4.99. The minimum absolute atomic E-state index is 0.0297. The zero-order chi connectivity index (χ0) is 11.5. The molecule has 0 radical (unpaired) electrons. The maximum absolute atomic E-state index is 11.5. The molecule has 0 aliphatic heterocycles. The van der Waals surface area contributed by atoms with Gasteiger partial charge in [0.05, 0.1) is 18.7 Å². The van der Waals surface area contributed by atoms with Gasteiger partial charge in [-0.25, -0.2) is 0 Å². The van der Waals surface area contributed by atoms with Crippen LogP contribution in [0.4, 0.5) is 0 Å². The first-order valence-electron chi connectivity index (χ1n) is 4.99. The predicted molar refractivity (Wildman–Crippen MR) is 57.5 cm³/mol. The van der Waals surface area contributed by atoms with Gasteiger partial charge in [-0.1, -0.05) is 5.21 Å². The van der Waals surface area contributed by atoms with Crippen molar-refractivity contribution in [1.29, 1.82) is 0 Å². The summed E-state index contributed by atoms with van der Waals surface area (Å²) in [6.07, 6.45) is 2.10. The van der Waals surface area contributed by atoms with Gasteiger partial charge >= 0.3 is 0 Å². The quantitative estimate of drug-likeness (QED) is 0.777. The Morgan fingerprint density at radius 3 is 2.67 bits per heavy atom. The van der Waals surface area contributed by atoms with E-state index in [0.29, 0.717) is 13.0 Å². The Morgan fingerprint density at radius 2 is 2.20 bits per heavy atom. The Morgan fingerprint density at radius 1 is 1.53 bits per heavy atom. The lowest BCUT2D eigenvalue weighted by Crippen LogP contribution is -2.39. The van der Waals surface area contributed by atoms with Crippen LogP contribution < -0.4 is 5.32 Å². The van der Waals surface area contributed by atoms with Crippen LogP contribution in [0.25, 0.3) is 0 Å². The highest BCUT2D eigenvalue weighted by Gasteiger charge is 2.12.